The number of carbonyl (C=O) groups is 2. The summed E-state index contributed by atoms with van der Waals surface area (Å²) in [6.45, 7) is 0. The third-order valence-electron chi connectivity index (χ3n) is 2.76. The molecule has 108 valence electrons. The molecule has 0 atom stereocenters. The average Bonchev–Trinajstić information content (AvgIpc) is 2.46. The van der Waals surface area contributed by atoms with Gasteiger partial charge in [0.05, 0.1) is 23.9 Å². The molecule has 0 aromatic heterocycles. The predicted molar refractivity (Wildman–Crippen MR) is 84.9 cm³/mol. The lowest BCUT2D eigenvalue weighted by atomic mass is 10.1. The number of anilines is 1. The normalized spacial score (nSPS) is 10.0. The molecule has 0 saturated heterocycles. The Labute approximate surface area is 134 Å². The maximum Gasteiger partial charge on any atom is 0.339 e. The Morgan fingerprint density at radius 1 is 1.14 bits per heavy atom. The smallest absolute Gasteiger partial charge is 0.339 e. The van der Waals surface area contributed by atoms with Crippen LogP contribution in [-0.4, -0.2) is 19.0 Å². The molecule has 0 unspecified atom stereocenters. The molecule has 0 aliphatic heterocycles. The van der Waals surface area contributed by atoms with Gasteiger partial charge in [-0.25, -0.2) is 9.18 Å². The number of benzene rings is 2. The summed E-state index contributed by atoms with van der Waals surface area (Å²) in [5.74, 6) is -1.37. The molecule has 2 aromatic rings. The zero-order valence-corrected chi connectivity index (χ0v) is 13.2. The molecular weight excluding hydrogens is 388 g/mol. The fourth-order valence-corrected chi connectivity index (χ4v) is 2.47. The van der Waals surface area contributed by atoms with Crippen molar-refractivity contribution in [1.82, 2.24) is 0 Å². The van der Waals surface area contributed by atoms with Crippen LogP contribution in [0.4, 0.5) is 10.1 Å². The van der Waals surface area contributed by atoms with Gasteiger partial charge in [-0.05, 0) is 52.9 Å². The van der Waals surface area contributed by atoms with E-state index in [1.165, 1.54) is 25.3 Å². The molecule has 4 nitrogen and oxygen atoms in total. The van der Waals surface area contributed by atoms with Crippen LogP contribution < -0.4 is 5.32 Å². The van der Waals surface area contributed by atoms with Crippen molar-refractivity contribution in [3.05, 3.63) is 63.0 Å². The Morgan fingerprint density at radius 2 is 1.86 bits per heavy atom. The summed E-state index contributed by atoms with van der Waals surface area (Å²) in [4.78, 5) is 23.9. The SMILES string of the molecule is COC(=O)c1ccccc1NC(=O)c1ccc(F)cc1I. The molecule has 21 heavy (non-hydrogen) atoms. The van der Waals surface area contributed by atoms with Gasteiger partial charge in [0.15, 0.2) is 0 Å². The first-order valence-corrected chi connectivity index (χ1v) is 7.04. The molecule has 0 spiro atoms. The molecule has 6 heteroatoms. The summed E-state index contributed by atoms with van der Waals surface area (Å²) in [6.07, 6.45) is 0. The Kier molecular flexibility index (Phi) is 4.89. The molecule has 1 amide bonds. The first-order valence-electron chi connectivity index (χ1n) is 5.96. The van der Waals surface area contributed by atoms with Gasteiger partial charge in [0.2, 0.25) is 0 Å². The van der Waals surface area contributed by atoms with E-state index in [4.69, 9.17) is 0 Å². The first-order chi connectivity index (χ1) is 10.0. The van der Waals surface area contributed by atoms with Crippen LogP contribution >= 0.6 is 22.6 Å². The van der Waals surface area contributed by atoms with Crippen molar-refractivity contribution >= 4 is 40.2 Å². The number of amides is 1. The van der Waals surface area contributed by atoms with Gasteiger partial charge in [-0.2, -0.15) is 0 Å². The van der Waals surface area contributed by atoms with E-state index in [-0.39, 0.29) is 5.56 Å². The number of esters is 1. The van der Waals surface area contributed by atoms with Gasteiger partial charge in [-0.1, -0.05) is 12.1 Å². The van der Waals surface area contributed by atoms with Crippen molar-refractivity contribution < 1.29 is 18.7 Å². The van der Waals surface area contributed by atoms with Crippen molar-refractivity contribution in [2.45, 2.75) is 0 Å². The zero-order chi connectivity index (χ0) is 15.4. The molecule has 0 saturated carbocycles. The van der Waals surface area contributed by atoms with E-state index < -0.39 is 17.7 Å². The maximum atomic E-state index is 13.1. The number of hydrogen-bond donors (Lipinski definition) is 1. The van der Waals surface area contributed by atoms with E-state index in [1.54, 1.807) is 24.3 Å². The average molecular weight is 399 g/mol. The topological polar surface area (TPSA) is 55.4 Å². The van der Waals surface area contributed by atoms with Crippen molar-refractivity contribution in [3.8, 4) is 0 Å². The van der Waals surface area contributed by atoms with Gasteiger partial charge in [-0.15, -0.1) is 0 Å². The van der Waals surface area contributed by atoms with Crippen LogP contribution in [0.5, 0.6) is 0 Å². The largest absolute Gasteiger partial charge is 0.465 e. The predicted octanol–water partition coefficient (Wildman–Crippen LogP) is 3.47. The van der Waals surface area contributed by atoms with Crippen LogP contribution in [0.1, 0.15) is 20.7 Å². The molecule has 0 fully saturated rings. The van der Waals surface area contributed by atoms with E-state index in [9.17, 15) is 14.0 Å². The Morgan fingerprint density at radius 3 is 2.52 bits per heavy atom. The van der Waals surface area contributed by atoms with Crippen LogP contribution in [0, 0.1) is 9.39 Å². The number of methoxy groups -OCH3 is 1. The number of hydrogen-bond acceptors (Lipinski definition) is 3. The number of ether oxygens (including phenoxy) is 1. The van der Waals surface area contributed by atoms with Crippen molar-refractivity contribution in [2.75, 3.05) is 12.4 Å². The van der Waals surface area contributed by atoms with Gasteiger partial charge in [0.1, 0.15) is 5.82 Å². The lowest BCUT2D eigenvalue weighted by molar-refractivity contribution is 0.0602. The van der Waals surface area contributed by atoms with E-state index in [1.807, 2.05) is 22.6 Å². The Balaban J connectivity index is 2.30. The van der Waals surface area contributed by atoms with Crippen LogP contribution in [0.25, 0.3) is 0 Å². The van der Waals surface area contributed by atoms with E-state index in [0.29, 0.717) is 14.8 Å². The van der Waals surface area contributed by atoms with Gasteiger partial charge in [0, 0.05) is 3.57 Å². The van der Waals surface area contributed by atoms with Gasteiger partial charge >= 0.3 is 5.97 Å². The minimum absolute atomic E-state index is 0.255. The monoisotopic (exact) mass is 399 g/mol. The first kappa shape index (κ1) is 15.4. The fourth-order valence-electron chi connectivity index (χ4n) is 1.74. The number of para-hydroxylation sites is 1. The molecule has 2 aromatic carbocycles. The summed E-state index contributed by atoms with van der Waals surface area (Å²) >= 11 is 1.88. The zero-order valence-electron chi connectivity index (χ0n) is 11.0. The second-order valence-electron chi connectivity index (χ2n) is 4.12. The summed E-state index contributed by atoms with van der Waals surface area (Å²) in [7, 11) is 1.27. The van der Waals surface area contributed by atoms with Crippen molar-refractivity contribution in [3.63, 3.8) is 0 Å². The second-order valence-corrected chi connectivity index (χ2v) is 5.28. The van der Waals surface area contributed by atoms with Crippen LogP contribution in [0.3, 0.4) is 0 Å². The minimum atomic E-state index is -0.542. The number of carbonyl (C=O) groups excluding carboxylic acids is 2. The highest BCUT2D eigenvalue weighted by Gasteiger charge is 2.16. The maximum absolute atomic E-state index is 13.1. The molecule has 0 aliphatic rings. The molecule has 1 N–H and O–H groups in total. The minimum Gasteiger partial charge on any atom is -0.465 e. The molecule has 0 bridgehead atoms. The lowest BCUT2D eigenvalue weighted by Crippen LogP contribution is -2.16. The highest BCUT2D eigenvalue weighted by atomic mass is 127. The summed E-state index contributed by atoms with van der Waals surface area (Å²) in [5.41, 5.74) is 0.927. The summed E-state index contributed by atoms with van der Waals surface area (Å²) < 4.78 is 18.2. The van der Waals surface area contributed by atoms with E-state index in [2.05, 4.69) is 10.1 Å². The third kappa shape index (κ3) is 3.57. The summed E-state index contributed by atoms with van der Waals surface area (Å²) in [5, 5.41) is 2.64. The second kappa shape index (κ2) is 6.66. The standard InChI is InChI=1S/C15H11FINO3/c1-21-15(20)11-4-2-3-5-13(11)18-14(19)10-7-6-9(16)8-12(10)17/h2-8H,1H3,(H,18,19). The highest BCUT2D eigenvalue weighted by molar-refractivity contribution is 14.1. The quantitative estimate of drug-likeness (QED) is 0.636. The van der Waals surface area contributed by atoms with Crippen LogP contribution in [0.15, 0.2) is 42.5 Å². The van der Waals surface area contributed by atoms with E-state index in [0.717, 1.165) is 0 Å². The van der Waals surface area contributed by atoms with E-state index >= 15 is 0 Å². The lowest BCUT2D eigenvalue weighted by Gasteiger charge is -2.10. The highest BCUT2D eigenvalue weighted by Crippen LogP contribution is 2.19. The van der Waals surface area contributed by atoms with Crippen LogP contribution in [-0.2, 0) is 4.74 Å². The number of nitrogens with one attached hydrogen (secondary N) is 1. The van der Waals surface area contributed by atoms with Crippen molar-refractivity contribution in [1.29, 1.82) is 0 Å². The number of halogens is 2. The fraction of sp³-hybridized carbons (Fsp3) is 0.0667. The molecule has 2 rings (SSSR count). The van der Waals surface area contributed by atoms with Gasteiger partial charge in [0.25, 0.3) is 5.91 Å². The Hall–Kier alpha value is -1.96. The molecule has 0 aliphatic carbocycles. The number of rotatable bonds is 3. The molecule has 0 heterocycles. The molecule has 0 radical (unpaired) electrons. The molecular formula is C15H11FINO3. The summed E-state index contributed by atoms with van der Waals surface area (Å²) in [6, 6.07) is 10.4. The van der Waals surface area contributed by atoms with Gasteiger partial charge < -0.3 is 10.1 Å². The Bertz CT molecular complexity index is 703. The van der Waals surface area contributed by atoms with Crippen molar-refractivity contribution in [2.24, 2.45) is 0 Å². The third-order valence-corrected chi connectivity index (χ3v) is 3.65. The van der Waals surface area contributed by atoms with Gasteiger partial charge in [-0.3, -0.25) is 4.79 Å². The van der Waals surface area contributed by atoms with Crippen LogP contribution in [0.2, 0.25) is 0 Å².